The molecule has 0 saturated carbocycles. The molecular weight excluding hydrogens is 202 g/mol. The van der Waals surface area contributed by atoms with E-state index in [1.165, 1.54) is 0 Å². The van der Waals surface area contributed by atoms with Crippen molar-refractivity contribution in [3.63, 3.8) is 0 Å². The van der Waals surface area contributed by atoms with Gasteiger partial charge in [-0.15, -0.1) is 0 Å². The Bertz CT molecular complexity index is 208. The van der Waals surface area contributed by atoms with Gasteiger partial charge in [0, 0.05) is 13.1 Å². The van der Waals surface area contributed by atoms with E-state index in [9.17, 15) is 4.79 Å². The Kier molecular flexibility index (Phi) is 5.77. The second-order valence-electron chi connectivity index (χ2n) is 4.52. The molecule has 1 fully saturated rings. The summed E-state index contributed by atoms with van der Waals surface area (Å²) in [7, 11) is 0. The van der Waals surface area contributed by atoms with Crippen LogP contribution in [0.4, 0.5) is 0 Å². The molecule has 1 rings (SSSR count). The Balaban J connectivity index is 2.30. The summed E-state index contributed by atoms with van der Waals surface area (Å²) >= 11 is 0. The number of carbonyl (C=O) groups is 1. The number of hydrogen-bond donors (Lipinski definition) is 1. The number of likely N-dealkylation sites (tertiary alicyclic amines) is 1. The van der Waals surface area contributed by atoms with Crippen LogP contribution < -0.4 is 5.73 Å². The molecule has 4 heteroatoms. The van der Waals surface area contributed by atoms with Crippen molar-refractivity contribution >= 4 is 5.91 Å². The quantitative estimate of drug-likeness (QED) is 0.745. The van der Waals surface area contributed by atoms with Gasteiger partial charge in [-0.1, -0.05) is 0 Å². The Morgan fingerprint density at radius 2 is 1.88 bits per heavy atom. The Morgan fingerprint density at radius 3 is 2.31 bits per heavy atom. The van der Waals surface area contributed by atoms with Crippen LogP contribution in [0.2, 0.25) is 0 Å². The number of nitrogens with two attached hydrogens (primary N) is 1. The summed E-state index contributed by atoms with van der Waals surface area (Å²) in [5.41, 5.74) is 5.65. The molecule has 0 aromatic rings. The minimum Gasteiger partial charge on any atom is -0.342 e. The highest BCUT2D eigenvalue weighted by molar-refractivity contribution is 5.78. The summed E-state index contributed by atoms with van der Waals surface area (Å²) in [6, 6.07) is 0. The van der Waals surface area contributed by atoms with Gasteiger partial charge in [-0.25, -0.2) is 0 Å². The normalized spacial score (nSPS) is 18.7. The van der Waals surface area contributed by atoms with Crippen LogP contribution in [0, 0.1) is 5.92 Å². The van der Waals surface area contributed by atoms with Crippen molar-refractivity contribution in [3.8, 4) is 0 Å². The van der Waals surface area contributed by atoms with Gasteiger partial charge in [0.1, 0.15) is 0 Å². The Hall–Kier alpha value is -0.610. The zero-order valence-corrected chi connectivity index (χ0v) is 10.6. The first-order chi connectivity index (χ1) is 7.71. The van der Waals surface area contributed by atoms with Crippen molar-refractivity contribution in [2.75, 3.05) is 39.3 Å². The molecule has 1 amide bonds. The van der Waals surface area contributed by atoms with E-state index in [1.54, 1.807) is 0 Å². The molecule has 0 aromatic heterocycles. The molecule has 1 heterocycles. The standard InChI is InChI=1S/C12H25N3O/c1-3-15(4-2)12(16)10-14-7-5-11(9-13)6-8-14/h11H,3-10,13H2,1-2H3. The van der Waals surface area contributed by atoms with Crippen LogP contribution in [0.5, 0.6) is 0 Å². The molecule has 2 N–H and O–H groups in total. The number of amides is 1. The predicted octanol–water partition coefficient (Wildman–Crippen LogP) is 0.526. The molecule has 16 heavy (non-hydrogen) atoms. The molecule has 0 aliphatic carbocycles. The first-order valence-corrected chi connectivity index (χ1v) is 6.41. The number of rotatable bonds is 5. The summed E-state index contributed by atoms with van der Waals surface area (Å²) in [6.45, 7) is 9.11. The average molecular weight is 227 g/mol. The lowest BCUT2D eigenvalue weighted by Gasteiger charge is -2.32. The second-order valence-corrected chi connectivity index (χ2v) is 4.52. The SMILES string of the molecule is CCN(CC)C(=O)CN1CCC(CN)CC1. The lowest BCUT2D eigenvalue weighted by molar-refractivity contribution is -0.132. The van der Waals surface area contributed by atoms with E-state index >= 15 is 0 Å². The van der Waals surface area contributed by atoms with E-state index in [0.717, 1.165) is 45.6 Å². The highest BCUT2D eigenvalue weighted by Gasteiger charge is 2.21. The maximum atomic E-state index is 11.9. The molecule has 4 nitrogen and oxygen atoms in total. The topological polar surface area (TPSA) is 49.6 Å². The maximum Gasteiger partial charge on any atom is 0.236 e. The maximum absolute atomic E-state index is 11.9. The van der Waals surface area contributed by atoms with E-state index in [-0.39, 0.29) is 5.91 Å². The van der Waals surface area contributed by atoms with Crippen LogP contribution in [0.1, 0.15) is 26.7 Å². The lowest BCUT2D eigenvalue weighted by atomic mass is 9.97. The molecule has 1 saturated heterocycles. The van der Waals surface area contributed by atoms with Gasteiger partial charge < -0.3 is 10.6 Å². The summed E-state index contributed by atoms with van der Waals surface area (Å²) in [5.74, 6) is 0.927. The highest BCUT2D eigenvalue weighted by atomic mass is 16.2. The third-order valence-corrected chi connectivity index (χ3v) is 3.52. The van der Waals surface area contributed by atoms with E-state index < -0.39 is 0 Å². The van der Waals surface area contributed by atoms with E-state index in [4.69, 9.17) is 5.73 Å². The van der Waals surface area contributed by atoms with E-state index in [2.05, 4.69) is 4.90 Å². The zero-order chi connectivity index (χ0) is 12.0. The van der Waals surface area contributed by atoms with Gasteiger partial charge >= 0.3 is 0 Å². The molecule has 94 valence electrons. The van der Waals surface area contributed by atoms with Crippen LogP contribution in [0.25, 0.3) is 0 Å². The molecular formula is C12H25N3O. The molecule has 0 radical (unpaired) electrons. The summed E-state index contributed by atoms with van der Waals surface area (Å²) in [5, 5.41) is 0. The highest BCUT2D eigenvalue weighted by Crippen LogP contribution is 2.15. The van der Waals surface area contributed by atoms with E-state index in [1.807, 2.05) is 18.7 Å². The fraction of sp³-hybridized carbons (Fsp3) is 0.917. The summed E-state index contributed by atoms with van der Waals surface area (Å²) in [6.07, 6.45) is 2.28. The van der Waals surface area contributed by atoms with E-state index in [0.29, 0.717) is 12.5 Å². The molecule has 0 bridgehead atoms. The molecule has 0 aromatic carbocycles. The summed E-state index contributed by atoms with van der Waals surface area (Å²) < 4.78 is 0. The fourth-order valence-electron chi connectivity index (χ4n) is 2.25. The van der Waals surface area contributed by atoms with Gasteiger partial charge in [0.25, 0.3) is 0 Å². The number of hydrogen-bond acceptors (Lipinski definition) is 3. The van der Waals surface area contributed by atoms with Gasteiger partial charge in [0.15, 0.2) is 0 Å². The van der Waals surface area contributed by atoms with Crippen LogP contribution in [-0.2, 0) is 4.79 Å². The number of nitrogens with zero attached hydrogens (tertiary/aromatic N) is 2. The third-order valence-electron chi connectivity index (χ3n) is 3.52. The van der Waals surface area contributed by atoms with Crippen LogP contribution in [-0.4, -0.2) is 55.0 Å². The van der Waals surface area contributed by atoms with Gasteiger partial charge in [0.2, 0.25) is 5.91 Å². The Morgan fingerprint density at radius 1 is 1.31 bits per heavy atom. The first-order valence-electron chi connectivity index (χ1n) is 6.41. The van der Waals surface area contributed by atoms with Crippen molar-refractivity contribution in [2.24, 2.45) is 11.7 Å². The molecule has 0 spiro atoms. The second kappa shape index (κ2) is 6.86. The number of carbonyl (C=O) groups excluding carboxylic acids is 1. The number of piperidine rings is 1. The van der Waals surface area contributed by atoms with Gasteiger partial charge in [-0.05, 0) is 52.2 Å². The number of likely N-dealkylation sites (N-methyl/N-ethyl adjacent to an activating group) is 1. The largest absolute Gasteiger partial charge is 0.342 e. The monoisotopic (exact) mass is 227 g/mol. The van der Waals surface area contributed by atoms with Crippen molar-refractivity contribution in [3.05, 3.63) is 0 Å². The Labute approximate surface area is 98.8 Å². The third kappa shape index (κ3) is 3.76. The minimum atomic E-state index is 0.260. The average Bonchev–Trinajstić information content (AvgIpc) is 2.31. The van der Waals surface area contributed by atoms with Crippen molar-refractivity contribution < 1.29 is 4.79 Å². The molecule has 1 aliphatic heterocycles. The van der Waals surface area contributed by atoms with Crippen molar-refractivity contribution in [1.29, 1.82) is 0 Å². The first kappa shape index (κ1) is 13.5. The van der Waals surface area contributed by atoms with Crippen molar-refractivity contribution in [2.45, 2.75) is 26.7 Å². The lowest BCUT2D eigenvalue weighted by Crippen LogP contribution is -2.44. The molecule has 0 atom stereocenters. The summed E-state index contributed by atoms with van der Waals surface area (Å²) in [4.78, 5) is 16.0. The van der Waals surface area contributed by atoms with Gasteiger partial charge in [-0.3, -0.25) is 9.69 Å². The van der Waals surface area contributed by atoms with Gasteiger partial charge in [-0.2, -0.15) is 0 Å². The molecule has 0 unspecified atom stereocenters. The van der Waals surface area contributed by atoms with Gasteiger partial charge in [0.05, 0.1) is 6.54 Å². The smallest absolute Gasteiger partial charge is 0.236 e. The van der Waals surface area contributed by atoms with Crippen molar-refractivity contribution in [1.82, 2.24) is 9.80 Å². The van der Waals surface area contributed by atoms with Crippen LogP contribution in [0.15, 0.2) is 0 Å². The predicted molar refractivity (Wildman–Crippen MR) is 66.1 cm³/mol. The minimum absolute atomic E-state index is 0.260. The van der Waals surface area contributed by atoms with Crippen LogP contribution >= 0.6 is 0 Å². The molecule has 1 aliphatic rings. The fourth-order valence-corrected chi connectivity index (χ4v) is 2.25. The van der Waals surface area contributed by atoms with Crippen LogP contribution in [0.3, 0.4) is 0 Å². The zero-order valence-electron chi connectivity index (χ0n) is 10.6.